The molecule has 3 N–H and O–H groups in total. The molecule has 190 valence electrons. The van der Waals surface area contributed by atoms with E-state index in [1.807, 2.05) is 12.1 Å². The molecule has 9 heteroatoms. The Labute approximate surface area is 212 Å². The third-order valence-corrected chi connectivity index (χ3v) is 7.46. The zero-order valence-electron chi connectivity index (χ0n) is 20.4. The molecule has 3 aromatic rings. The predicted octanol–water partition coefficient (Wildman–Crippen LogP) is 4.79. The summed E-state index contributed by atoms with van der Waals surface area (Å²) in [6.07, 6.45) is 4.03. The summed E-state index contributed by atoms with van der Waals surface area (Å²) in [7, 11) is -0.776. The van der Waals surface area contributed by atoms with Crippen molar-refractivity contribution >= 4 is 27.3 Å². The first-order valence-corrected chi connectivity index (χ1v) is 13.3. The minimum atomic E-state index is -3.93. The van der Waals surface area contributed by atoms with Crippen molar-refractivity contribution in [1.29, 1.82) is 0 Å². The highest BCUT2D eigenvalue weighted by Gasteiger charge is 2.22. The number of anilines is 2. The van der Waals surface area contributed by atoms with E-state index in [0.29, 0.717) is 29.4 Å². The Balaban J connectivity index is 1.63. The van der Waals surface area contributed by atoms with Gasteiger partial charge in [-0.2, -0.15) is 0 Å². The molecule has 0 atom stereocenters. The second kappa shape index (κ2) is 11.3. The van der Waals surface area contributed by atoms with E-state index in [9.17, 15) is 13.2 Å². The molecule has 0 aromatic heterocycles. The van der Waals surface area contributed by atoms with E-state index in [1.165, 1.54) is 12.1 Å². The van der Waals surface area contributed by atoms with Gasteiger partial charge in [-0.15, -0.1) is 0 Å². The number of para-hydroxylation sites is 1. The minimum Gasteiger partial charge on any atom is -0.497 e. The summed E-state index contributed by atoms with van der Waals surface area (Å²) >= 11 is 0. The van der Waals surface area contributed by atoms with E-state index >= 15 is 0 Å². The van der Waals surface area contributed by atoms with Crippen LogP contribution in [0, 0.1) is 0 Å². The van der Waals surface area contributed by atoms with E-state index in [2.05, 4.69) is 15.4 Å². The Kier molecular flexibility index (Phi) is 8.00. The Morgan fingerprint density at radius 2 is 1.56 bits per heavy atom. The fourth-order valence-corrected chi connectivity index (χ4v) is 5.35. The van der Waals surface area contributed by atoms with E-state index in [-0.39, 0.29) is 22.4 Å². The van der Waals surface area contributed by atoms with Crippen molar-refractivity contribution in [2.45, 2.75) is 43.2 Å². The van der Waals surface area contributed by atoms with Gasteiger partial charge in [0.1, 0.15) is 11.5 Å². The molecule has 0 bridgehead atoms. The molecular weight excluding hydrogens is 478 g/mol. The molecule has 0 aliphatic heterocycles. The summed E-state index contributed by atoms with van der Waals surface area (Å²) in [4.78, 5) is 13.0. The zero-order valence-corrected chi connectivity index (χ0v) is 21.2. The zero-order chi connectivity index (χ0) is 25.5. The number of hydrogen-bond acceptors (Lipinski definition) is 6. The summed E-state index contributed by atoms with van der Waals surface area (Å²) in [5.41, 5.74) is 2.10. The number of carbonyl (C=O) groups excluding carboxylic acids is 1. The topological polar surface area (TPSA) is 106 Å². The summed E-state index contributed by atoms with van der Waals surface area (Å²) < 4.78 is 39.7. The van der Waals surface area contributed by atoms with E-state index in [1.54, 1.807) is 56.7 Å². The molecule has 36 heavy (non-hydrogen) atoms. The fraction of sp³-hybridized carbons (Fsp3) is 0.296. The van der Waals surface area contributed by atoms with Crippen molar-refractivity contribution in [2.24, 2.45) is 0 Å². The molecule has 0 unspecified atom stereocenters. The highest BCUT2D eigenvalue weighted by Crippen LogP contribution is 2.26. The van der Waals surface area contributed by atoms with E-state index < -0.39 is 10.0 Å². The van der Waals surface area contributed by atoms with Gasteiger partial charge in [-0.05, 0) is 60.9 Å². The van der Waals surface area contributed by atoms with Crippen LogP contribution in [-0.2, 0) is 16.6 Å². The van der Waals surface area contributed by atoms with Crippen molar-refractivity contribution < 1.29 is 22.7 Å². The number of rotatable bonds is 10. The molecule has 0 heterocycles. The lowest BCUT2D eigenvalue weighted by molar-refractivity contribution is 0.0937. The van der Waals surface area contributed by atoms with Crippen LogP contribution in [0.5, 0.6) is 11.5 Å². The maximum Gasteiger partial charge on any atom is 0.261 e. The van der Waals surface area contributed by atoms with Crippen molar-refractivity contribution in [3.8, 4) is 11.5 Å². The summed E-state index contributed by atoms with van der Waals surface area (Å²) in [6, 6.07) is 18.9. The first-order valence-electron chi connectivity index (χ1n) is 11.9. The lowest BCUT2D eigenvalue weighted by Crippen LogP contribution is -2.32. The predicted molar refractivity (Wildman–Crippen MR) is 140 cm³/mol. The quantitative estimate of drug-likeness (QED) is 0.363. The van der Waals surface area contributed by atoms with Gasteiger partial charge in [-0.3, -0.25) is 9.52 Å². The minimum absolute atomic E-state index is 0.00357. The molecule has 1 fully saturated rings. The van der Waals surface area contributed by atoms with Gasteiger partial charge in [0.2, 0.25) is 0 Å². The van der Waals surface area contributed by atoms with Crippen LogP contribution in [0.25, 0.3) is 0 Å². The average molecular weight is 510 g/mol. The van der Waals surface area contributed by atoms with Crippen molar-refractivity contribution in [3.05, 3.63) is 77.9 Å². The number of benzene rings is 3. The molecule has 1 amide bonds. The van der Waals surface area contributed by atoms with Crippen molar-refractivity contribution in [1.82, 2.24) is 5.32 Å². The average Bonchev–Trinajstić information content (AvgIpc) is 3.40. The number of ether oxygens (including phenoxy) is 2. The number of methoxy groups -OCH3 is 2. The van der Waals surface area contributed by atoms with Gasteiger partial charge >= 0.3 is 0 Å². The molecular formula is C27H31N3O5S. The van der Waals surface area contributed by atoms with Crippen LogP contribution in [-0.4, -0.2) is 34.6 Å². The second-order valence-electron chi connectivity index (χ2n) is 8.75. The number of nitrogens with one attached hydrogen (secondary N) is 3. The highest BCUT2D eigenvalue weighted by molar-refractivity contribution is 7.92. The normalized spacial score (nSPS) is 13.7. The lowest BCUT2D eigenvalue weighted by Gasteiger charge is -2.16. The van der Waals surface area contributed by atoms with E-state index in [0.717, 1.165) is 31.2 Å². The van der Waals surface area contributed by atoms with Crippen molar-refractivity contribution in [2.75, 3.05) is 24.3 Å². The molecule has 0 saturated heterocycles. The van der Waals surface area contributed by atoms with Crippen LogP contribution in [0.15, 0.2) is 71.6 Å². The summed E-state index contributed by atoms with van der Waals surface area (Å²) in [5, 5.41) is 6.29. The Hall–Kier alpha value is -3.72. The third kappa shape index (κ3) is 6.48. The number of carbonyl (C=O) groups is 1. The van der Waals surface area contributed by atoms with Gasteiger partial charge < -0.3 is 20.1 Å². The third-order valence-electron chi connectivity index (χ3n) is 6.10. The largest absolute Gasteiger partial charge is 0.497 e. The smallest absolute Gasteiger partial charge is 0.261 e. The first kappa shape index (κ1) is 25.4. The van der Waals surface area contributed by atoms with Gasteiger partial charge in [0.15, 0.2) is 0 Å². The van der Waals surface area contributed by atoms with Crippen LogP contribution in [0.4, 0.5) is 11.4 Å². The molecule has 1 saturated carbocycles. The summed E-state index contributed by atoms with van der Waals surface area (Å²) in [5.74, 6) is 1.00. The van der Waals surface area contributed by atoms with Crippen LogP contribution in [0.3, 0.4) is 0 Å². The van der Waals surface area contributed by atoms with Crippen LogP contribution < -0.4 is 24.8 Å². The maximum atomic E-state index is 13.2. The molecule has 8 nitrogen and oxygen atoms in total. The van der Waals surface area contributed by atoms with Crippen LogP contribution in [0.1, 0.15) is 41.6 Å². The molecule has 3 aromatic carbocycles. The first-order chi connectivity index (χ1) is 17.4. The molecule has 0 spiro atoms. The monoisotopic (exact) mass is 509 g/mol. The van der Waals surface area contributed by atoms with Crippen LogP contribution in [0.2, 0.25) is 0 Å². The van der Waals surface area contributed by atoms with Gasteiger partial charge in [0.25, 0.3) is 15.9 Å². The second-order valence-corrected chi connectivity index (χ2v) is 10.4. The van der Waals surface area contributed by atoms with Gasteiger partial charge in [0.05, 0.1) is 19.1 Å². The standard InChI is InChI=1S/C27H31N3O5S/c1-34-24-12-19(13-25(17-24)35-2)18-28-23-14-20(27(31)29-21-8-6-7-9-21)15-26(16-23)36(32,33)30-22-10-4-3-5-11-22/h3-5,10-17,21,28,30H,6-9,18H2,1-2H3,(H,29,31). The molecule has 1 aliphatic carbocycles. The number of hydrogen-bond donors (Lipinski definition) is 3. The van der Waals surface area contributed by atoms with E-state index in [4.69, 9.17) is 9.47 Å². The maximum absolute atomic E-state index is 13.2. The van der Waals surface area contributed by atoms with Gasteiger partial charge in [-0.25, -0.2) is 8.42 Å². The lowest BCUT2D eigenvalue weighted by atomic mass is 10.1. The number of amides is 1. The highest BCUT2D eigenvalue weighted by atomic mass is 32.2. The van der Waals surface area contributed by atoms with Crippen LogP contribution >= 0.6 is 0 Å². The van der Waals surface area contributed by atoms with Gasteiger partial charge in [-0.1, -0.05) is 31.0 Å². The van der Waals surface area contributed by atoms with Crippen molar-refractivity contribution in [3.63, 3.8) is 0 Å². The summed E-state index contributed by atoms with van der Waals surface area (Å²) in [6.45, 7) is 0.368. The Morgan fingerprint density at radius 3 is 2.19 bits per heavy atom. The fourth-order valence-electron chi connectivity index (χ4n) is 4.22. The molecule has 4 rings (SSSR count). The number of sulfonamides is 1. The Morgan fingerprint density at radius 1 is 0.889 bits per heavy atom. The van der Waals surface area contributed by atoms with Gasteiger partial charge in [0, 0.05) is 35.6 Å². The molecule has 1 aliphatic rings. The SMILES string of the molecule is COc1cc(CNc2cc(C(=O)NC3CCCC3)cc(S(=O)(=O)Nc3ccccc3)c2)cc(OC)c1. The molecule has 0 radical (unpaired) electrons. The Bertz CT molecular complexity index is 1280.